The summed E-state index contributed by atoms with van der Waals surface area (Å²) in [6.07, 6.45) is 7.70. The van der Waals surface area contributed by atoms with Crippen molar-refractivity contribution in [3.63, 3.8) is 0 Å². The lowest BCUT2D eigenvalue weighted by Gasteiger charge is -2.41. The molecule has 1 fully saturated rings. The normalized spacial score (nSPS) is 21.0. The monoisotopic (exact) mass is 322 g/mol. The second-order valence-electron chi connectivity index (χ2n) is 6.01. The number of fused-ring (bicyclic) bond motifs is 1. The van der Waals surface area contributed by atoms with Crippen LogP contribution < -0.4 is 4.90 Å². The number of hydrogen-bond donors (Lipinski definition) is 1. The Morgan fingerprint density at radius 3 is 3.05 bits per heavy atom. The van der Waals surface area contributed by atoms with Crippen molar-refractivity contribution in [2.24, 2.45) is 5.92 Å². The third-order valence-electron chi connectivity index (χ3n) is 4.45. The summed E-state index contributed by atoms with van der Waals surface area (Å²) in [4.78, 5) is 14.1. The molecule has 6 heteroatoms. The molecule has 22 heavy (non-hydrogen) atoms. The van der Waals surface area contributed by atoms with Gasteiger partial charge in [-0.3, -0.25) is 4.39 Å². The molecular formula is C16H23FN4S. The molecule has 0 aromatic carbocycles. The smallest absolute Gasteiger partial charge is 0.142 e. The molecule has 3 rings (SSSR count). The molecule has 1 saturated carbocycles. The van der Waals surface area contributed by atoms with Gasteiger partial charge in [-0.2, -0.15) is 11.8 Å². The Kier molecular flexibility index (Phi) is 5.18. The predicted molar refractivity (Wildman–Crippen MR) is 91.3 cm³/mol. The molecule has 0 spiro atoms. The van der Waals surface area contributed by atoms with E-state index in [2.05, 4.69) is 26.9 Å². The van der Waals surface area contributed by atoms with E-state index >= 15 is 0 Å². The van der Waals surface area contributed by atoms with E-state index in [9.17, 15) is 4.39 Å². The SMILES string of the molecule is CN(c1ncnc2[nH]ccc12)[C@H]1C[C@@H](CSCCCCF)C1. The van der Waals surface area contributed by atoms with Gasteiger partial charge in [0.1, 0.15) is 17.8 Å². The van der Waals surface area contributed by atoms with Crippen LogP contribution in [0.2, 0.25) is 0 Å². The van der Waals surface area contributed by atoms with Crippen LogP contribution in [0, 0.1) is 5.92 Å². The highest BCUT2D eigenvalue weighted by Gasteiger charge is 2.33. The maximum Gasteiger partial charge on any atom is 0.142 e. The molecule has 1 aliphatic carbocycles. The van der Waals surface area contributed by atoms with Crippen LogP contribution in [0.25, 0.3) is 11.0 Å². The minimum atomic E-state index is -0.177. The molecule has 2 heterocycles. The lowest BCUT2D eigenvalue weighted by Crippen LogP contribution is -2.44. The standard InChI is InChI=1S/C16H23FN4S/c1-21(16-14-4-6-18-15(14)19-11-20-16)13-8-12(9-13)10-22-7-3-2-5-17/h4,6,11-13H,2-3,5,7-10H2,1H3,(H,18,19,20)/t12-,13+. The highest BCUT2D eigenvalue weighted by molar-refractivity contribution is 7.99. The van der Waals surface area contributed by atoms with Crippen LogP contribution in [0.1, 0.15) is 25.7 Å². The van der Waals surface area contributed by atoms with E-state index in [1.165, 1.54) is 18.6 Å². The van der Waals surface area contributed by atoms with Gasteiger partial charge in [0.25, 0.3) is 0 Å². The van der Waals surface area contributed by atoms with Crippen molar-refractivity contribution in [1.82, 2.24) is 15.0 Å². The second kappa shape index (κ2) is 7.31. The van der Waals surface area contributed by atoms with Crippen LogP contribution in [-0.4, -0.2) is 46.2 Å². The van der Waals surface area contributed by atoms with Crippen molar-refractivity contribution in [2.45, 2.75) is 31.7 Å². The fraction of sp³-hybridized carbons (Fsp3) is 0.625. The first kappa shape index (κ1) is 15.6. The third kappa shape index (κ3) is 3.37. The van der Waals surface area contributed by atoms with Gasteiger partial charge in [-0.1, -0.05) is 0 Å². The maximum atomic E-state index is 12.0. The van der Waals surface area contributed by atoms with Gasteiger partial charge in [-0.05, 0) is 49.2 Å². The Balaban J connectivity index is 1.47. The van der Waals surface area contributed by atoms with E-state index in [1.54, 1.807) is 6.33 Å². The zero-order chi connectivity index (χ0) is 15.4. The molecule has 120 valence electrons. The van der Waals surface area contributed by atoms with Crippen LogP contribution >= 0.6 is 11.8 Å². The van der Waals surface area contributed by atoms with Crippen molar-refractivity contribution in [3.8, 4) is 0 Å². The summed E-state index contributed by atoms with van der Waals surface area (Å²) in [5, 5.41) is 1.09. The Bertz CT molecular complexity index is 597. The quantitative estimate of drug-likeness (QED) is 0.753. The predicted octanol–water partition coefficient (Wildman–Crippen LogP) is 3.66. The molecule has 1 aliphatic rings. The zero-order valence-corrected chi connectivity index (χ0v) is 13.8. The number of rotatable bonds is 8. The van der Waals surface area contributed by atoms with Gasteiger partial charge >= 0.3 is 0 Å². The summed E-state index contributed by atoms with van der Waals surface area (Å²) in [6.45, 7) is -0.177. The van der Waals surface area contributed by atoms with Crippen molar-refractivity contribution in [2.75, 3.05) is 30.1 Å². The van der Waals surface area contributed by atoms with E-state index in [0.29, 0.717) is 12.5 Å². The van der Waals surface area contributed by atoms with Crippen molar-refractivity contribution in [1.29, 1.82) is 0 Å². The van der Waals surface area contributed by atoms with Gasteiger partial charge in [0.2, 0.25) is 0 Å². The highest BCUT2D eigenvalue weighted by Crippen LogP contribution is 2.36. The summed E-state index contributed by atoms with van der Waals surface area (Å²) in [5.74, 6) is 4.12. The maximum absolute atomic E-state index is 12.0. The third-order valence-corrected chi connectivity index (χ3v) is 5.74. The molecular weight excluding hydrogens is 299 g/mol. The molecule has 2 aromatic heterocycles. The Morgan fingerprint density at radius 2 is 2.23 bits per heavy atom. The Labute approximate surface area is 134 Å². The molecule has 0 amide bonds. The minimum Gasteiger partial charge on any atom is -0.356 e. The molecule has 4 nitrogen and oxygen atoms in total. The van der Waals surface area contributed by atoms with Crippen LogP contribution in [-0.2, 0) is 0 Å². The fourth-order valence-corrected chi connectivity index (χ4v) is 4.19. The Morgan fingerprint density at radius 1 is 1.36 bits per heavy atom. The first-order valence-corrected chi connectivity index (χ1v) is 9.09. The Hall–Kier alpha value is -1.30. The van der Waals surface area contributed by atoms with Gasteiger partial charge in [-0.15, -0.1) is 0 Å². The summed E-state index contributed by atoms with van der Waals surface area (Å²) in [6, 6.07) is 2.61. The number of nitrogens with zero attached hydrogens (tertiary/aromatic N) is 3. The van der Waals surface area contributed by atoms with Crippen LogP contribution in [0.15, 0.2) is 18.6 Å². The zero-order valence-electron chi connectivity index (χ0n) is 13.0. The number of aromatic amines is 1. The lowest BCUT2D eigenvalue weighted by atomic mass is 9.81. The van der Waals surface area contributed by atoms with E-state index in [0.717, 1.165) is 34.9 Å². The van der Waals surface area contributed by atoms with Crippen LogP contribution in [0.4, 0.5) is 10.2 Å². The summed E-state index contributed by atoms with van der Waals surface area (Å²) < 4.78 is 12.0. The molecule has 0 atom stereocenters. The summed E-state index contributed by atoms with van der Waals surface area (Å²) in [7, 11) is 2.13. The van der Waals surface area contributed by atoms with Crippen LogP contribution in [0.5, 0.6) is 0 Å². The number of nitrogens with one attached hydrogen (secondary N) is 1. The largest absolute Gasteiger partial charge is 0.356 e. The van der Waals surface area contributed by atoms with Gasteiger partial charge < -0.3 is 9.88 Å². The second-order valence-corrected chi connectivity index (χ2v) is 7.16. The van der Waals surface area contributed by atoms with Crippen molar-refractivity contribution in [3.05, 3.63) is 18.6 Å². The van der Waals surface area contributed by atoms with Crippen molar-refractivity contribution >= 4 is 28.6 Å². The number of hydrogen-bond acceptors (Lipinski definition) is 4. The molecule has 1 N–H and O–H groups in total. The van der Waals surface area contributed by atoms with E-state index in [1.807, 2.05) is 24.0 Å². The molecule has 0 saturated heterocycles. The van der Waals surface area contributed by atoms with Gasteiger partial charge in [0.05, 0.1) is 12.1 Å². The number of thioether (sulfide) groups is 1. The van der Waals surface area contributed by atoms with Gasteiger partial charge in [-0.25, -0.2) is 9.97 Å². The first-order chi connectivity index (χ1) is 10.8. The number of halogens is 1. The van der Waals surface area contributed by atoms with Crippen molar-refractivity contribution < 1.29 is 4.39 Å². The number of anilines is 1. The van der Waals surface area contributed by atoms with E-state index in [-0.39, 0.29) is 6.67 Å². The van der Waals surface area contributed by atoms with E-state index in [4.69, 9.17) is 0 Å². The first-order valence-electron chi connectivity index (χ1n) is 7.94. The fourth-order valence-electron chi connectivity index (χ4n) is 3.01. The number of aromatic nitrogens is 3. The summed E-state index contributed by atoms with van der Waals surface area (Å²) in [5.41, 5.74) is 0.899. The number of alkyl halides is 1. The molecule has 2 aromatic rings. The molecule has 0 bridgehead atoms. The molecule has 0 aliphatic heterocycles. The summed E-state index contributed by atoms with van der Waals surface area (Å²) >= 11 is 1.97. The minimum absolute atomic E-state index is 0.177. The van der Waals surface area contributed by atoms with Crippen LogP contribution in [0.3, 0.4) is 0 Å². The highest BCUT2D eigenvalue weighted by atomic mass is 32.2. The molecule has 0 unspecified atom stereocenters. The van der Waals surface area contributed by atoms with Gasteiger partial charge in [0, 0.05) is 19.3 Å². The number of H-pyrrole nitrogens is 1. The van der Waals surface area contributed by atoms with E-state index < -0.39 is 0 Å². The number of unbranched alkanes of at least 4 members (excludes halogenated alkanes) is 1. The lowest BCUT2D eigenvalue weighted by molar-refractivity contribution is 0.286. The molecule has 0 radical (unpaired) electrons. The van der Waals surface area contributed by atoms with Gasteiger partial charge in [0.15, 0.2) is 0 Å². The average molecular weight is 322 g/mol. The topological polar surface area (TPSA) is 44.8 Å². The average Bonchev–Trinajstić information content (AvgIpc) is 2.96.